The van der Waals surface area contributed by atoms with E-state index in [1.54, 1.807) is 0 Å². The number of aryl methyl sites for hydroxylation is 1. The Kier molecular flexibility index (Phi) is 12.1. The minimum Gasteiger partial charge on any atom is -0.469 e. The van der Waals surface area contributed by atoms with Crippen molar-refractivity contribution in [1.82, 2.24) is 4.90 Å². The summed E-state index contributed by atoms with van der Waals surface area (Å²) in [6.07, 6.45) is 13.3. The summed E-state index contributed by atoms with van der Waals surface area (Å²) in [6, 6.07) is 10.8. The summed E-state index contributed by atoms with van der Waals surface area (Å²) in [5.74, 6) is 0.306. The molecule has 0 radical (unpaired) electrons. The Morgan fingerprint density at radius 1 is 1.19 bits per heavy atom. The van der Waals surface area contributed by atoms with Crippen molar-refractivity contribution in [3.05, 3.63) is 48.0 Å². The highest BCUT2D eigenvalue weighted by molar-refractivity contribution is 5.78. The number of aliphatic hydroxyl groups excluding tert-OH is 1. The first-order valence-corrected chi connectivity index (χ1v) is 12.2. The molecular formula is C27H41NO4. The summed E-state index contributed by atoms with van der Waals surface area (Å²) in [4.78, 5) is 25.4. The number of likely N-dealkylation sites (tertiary alicyclic amines) is 1. The lowest BCUT2D eigenvalue weighted by Crippen LogP contribution is -2.34. The van der Waals surface area contributed by atoms with Crippen LogP contribution >= 0.6 is 0 Å². The van der Waals surface area contributed by atoms with Gasteiger partial charge in [-0.3, -0.25) is 9.59 Å². The number of nitrogens with zero attached hydrogens (tertiary/aromatic N) is 1. The van der Waals surface area contributed by atoms with Crippen LogP contribution in [-0.2, 0) is 20.7 Å². The summed E-state index contributed by atoms with van der Waals surface area (Å²) in [6.45, 7) is 2.76. The number of unbranched alkanes of at least 4 members (excludes halogenated alkanes) is 2. The molecule has 3 atom stereocenters. The molecule has 0 aromatic heterocycles. The van der Waals surface area contributed by atoms with Gasteiger partial charge in [-0.05, 0) is 62.8 Å². The molecule has 1 saturated heterocycles. The minimum atomic E-state index is -0.307. The largest absolute Gasteiger partial charge is 0.469 e. The highest BCUT2D eigenvalue weighted by Crippen LogP contribution is 2.25. The fourth-order valence-electron chi connectivity index (χ4n) is 4.40. The third-order valence-corrected chi connectivity index (χ3v) is 6.57. The van der Waals surface area contributed by atoms with Crippen molar-refractivity contribution in [3.8, 4) is 0 Å². The highest BCUT2D eigenvalue weighted by atomic mass is 16.5. The van der Waals surface area contributed by atoms with E-state index in [0.717, 1.165) is 57.8 Å². The van der Waals surface area contributed by atoms with Crippen LogP contribution in [0.15, 0.2) is 42.5 Å². The topological polar surface area (TPSA) is 66.8 Å². The molecule has 178 valence electrons. The summed E-state index contributed by atoms with van der Waals surface area (Å²) < 4.78 is 4.64. The zero-order valence-electron chi connectivity index (χ0n) is 19.9. The molecule has 1 aromatic rings. The fourth-order valence-corrected chi connectivity index (χ4v) is 4.40. The van der Waals surface area contributed by atoms with Crippen molar-refractivity contribution >= 4 is 11.9 Å². The van der Waals surface area contributed by atoms with E-state index in [9.17, 15) is 14.7 Å². The van der Waals surface area contributed by atoms with E-state index in [1.165, 1.54) is 12.7 Å². The summed E-state index contributed by atoms with van der Waals surface area (Å²) in [7, 11) is 1.40. The van der Waals surface area contributed by atoms with Crippen molar-refractivity contribution in [2.24, 2.45) is 5.92 Å². The highest BCUT2D eigenvalue weighted by Gasteiger charge is 2.30. The summed E-state index contributed by atoms with van der Waals surface area (Å²) in [5.41, 5.74) is 1.38. The van der Waals surface area contributed by atoms with Crippen LogP contribution in [-0.4, -0.2) is 47.7 Å². The molecule has 0 spiro atoms. The lowest BCUT2D eigenvalue weighted by Gasteiger charge is -2.26. The van der Waals surface area contributed by atoms with Crippen LogP contribution in [0.4, 0.5) is 0 Å². The van der Waals surface area contributed by atoms with E-state index in [4.69, 9.17) is 0 Å². The number of hydrogen-bond acceptors (Lipinski definition) is 4. The molecule has 5 heteroatoms. The van der Waals surface area contributed by atoms with Gasteiger partial charge in [-0.15, -0.1) is 0 Å². The maximum absolute atomic E-state index is 12.3. The average Bonchev–Trinajstić information content (AvgIpc) is 3.16. The van der Waals surface area contributed by atoms with E-state index < -0.39 is 0 Å². The summed E-state index contributed by atoms with van der Waals surface area (Å²) >= 11 is 0. The van der Waals surface area contributed by atoms with E-state index in [0.29, 0.717) is 19.4 Å². The third kappa shape index (κ3) is 9.56. The first kappa shape index (κ1) is 26.1. The normalized spacial score (nSPS) is 18.3. The molecule has 1 fully saturated rings. The zero-order valence-corrected chi connectivity index (χ0v) is 19.9. The van der Waals surface area contributed by atoms with Crippen LogP contribution in [0.3, 0.4) is 0 Å². The summed E-state index contributed by atoms with van der Waals surface area (Å²) in [5, 5.41) is 10.6. The van der Waals surface area contributed by atoms with Crippen molar-refractivity contribution in [2.75, 3.05) is 13.7 Å². The van der Waals surface area contributed by atoms with Crippen molar-refractivity contribution in [1.29, 1.82) is 0 Å². The molecule has 1 aromatic carbocycles. The van der Waals surface area contributed by atoms with Gasteiger partial charge in [0, 0.05) is 25.4 Å². The van der Waals surface area contributed by atoms with Crippen molar-refractivity contribution < 1.29 is 19.4 Å². The number of methoxy groups -OCH3 is 1. The van der Waals surface area contributed by atoms with E-state index >= 15 is 0 Å². The Morgan fingerprint density at radius 3 is 2.72 bits per heavy atom. The predicted molar refractivity (Wildman–Crippen MR) is 128 cm³/mol. The number of ether oxygens (including phenoxy) is 1. The van der Waals surface area contributed by atoms with Crippen molar-refractivity contribution in [3.63, 3.8) is 0 Å². The monoisotopic (exact) mass is 443 g/mol. The van der Waals surface area contributed by atoms with Gasteiger partial charge in [0.15, 0.2) is 0 Å². The maximum Gasteiger partial charge on any atom is 0.305 e. The van der Waals surface area contributed by atoms with Gasteiger partial charge in [0.05, 0.1) is 13.2 Å². The number of esters is 1. The fraction of sp³-hybridized carbons (Fsp3) is 0.630. The molecule has 1 aliphatic heterocycles. The number of aliphatic hydroxyl groups is 1. The minimum absolute atomic E-state index is 0.183. The van der Waals surface area contributed by atoms with E-state index in [1.807, 2.05) is 23.1 Å². The lowest BCUT2D eigenvalue weighted by molar-refractivity contribution is -0.140. The molecule has 1 amide bonds. The Labute approximate surface area is 193 Å². The van der Waals surface area contributed by atoms with Gasteiger partial charge < -0.3 is 14.7 Å². The molecule has 0 aliphatic carbocycles. The number of amides is 1. The molecule has 0 saturated carbocycles. The standard InChI is InChI=1S/C27H41NO4/c1-22(12-9-10-15-23-13-6-5-7-14-23)25(29)19-17-24-18-20-26(30)28(24)21-11-4-3-8-16-27(31)32-2/h4-7,11,13-14,22,24-25,29H,3,8-10,12,15-21H2,1-2H3/t22-,24-,25+/m0/s1. The van der Waals surface area contributed by atoms with Gasteiger partial charge in [0.25, 0.3) is 0 Å². The molecule has 1 N–H and O–H groups in total. The van der Waals surface area contributed by atoms with Crippen LogP contribution in [0.1, 0.15) is 76.7 Å². The van der Waals surface area contributed by atoms with Gasteiger partial charge in [-0.1, -0.05) is 55.8 Å². The predicted octanol–water partition coefficient (Wildman–Crippen LogP) is 5.07. The van der Waals surface area contributed by atoms with Crippen LogP contribution in [0.2, 0.25) is 0 Å². The van der Waals surface area contributed by atoms with Crippen molar-refractivity contribution in [2.45, 2.75) is 89.7 Å². The first-order valence-electron chi connectivity index (χ1n) is 12.2. The van der Waals surface area contributed by atoms with Crippen LogP contribution < -0.4 is 0 Å². The number of benzene rings is 1. The second-order valence-electron chi connectivity index (χ2n) is 9.03. The van der Waals surface area contributed by atoms with E-state index in [-0.39, 0.29) is 29.9 Å². The van der Waals surface area contributed by atoms with Gasteiger partial charge in [0.1, 0.15) is 0 Å². The molecule has 1 aliphatic rings. The van der Waals surface area contributed by atoms with Gasteiger partial charge in [-0.2, -0.15) is 0 Å². The quantitative estimate of drug-likeness (QED) is 0.234. The average molecular weight is 444 g/mol. The van der Waals surface area contributed by atoms with Gasteiger partial charge >= 0.3 is 5.97 Å². The Morgan fingerprint density at radius 2 is 1.97 bits per heavy atom. The van der Waals surface area contributed by atoms with Crippen LogP contribution in [0.5, 0.6) is 0 Å². The number of rotatable bonds is 15. The van der Waals surface area contributed by atoms with Gasteiger partial charge in [-0.25, -0.2) is 0 Å². The molecule has 5 nitrogen and oxygen atoms in total. The SMILES string of the molecule is COC(=O)CCCC=CCN1C(=O)CC[C@@H]1CC[C@@H](O)[C@@H](C)CCCCc1ccccc1. The van der Waals surface area contributed by atoms with Gasteiger partial charge in [0.2, 0.25) is 5.91 Å². The van der Waals surface area contributed by atoms with Crippen LogP contribution in [0.25, 0.3) is 0 Å². The zero-order chi connectivity index (χ0) is 23.2. The molecular weight excluding hydrogens is 402 g/mol. The number of carbonyl (C=O) groups is 2. The molecule has 32 heavy (non-hydrogen) atoms. The smallest absolute Gasteiger partial charge is 0.305 e. The number of hydrogen-bond donors (Lipinski definition) is 1. The second kappa shape index (κ2) is 14.8. The Bertz CT molecular complexity index is 703. The Balaban J connectivity index is 1.63. The first-order chi connectivity index (χ1) is 15.5. The maximum atomic E-state index is 12.3. The Hall–Kier alpha value is -2.14. The molecule has 0 unspecified atom stereocenters. The molecule has 0 bridgehead atoms. The van der Waals surface area contributed by atoms with Crippen LogP contribution in [0, 0.1) is 5.92 Å². The molecule has 1 heterocycles. The number of allylic oxidation sites excluding steroid dienone is 1. The van der Waals surface area contributed by atoms with E-state index in [2.05, 4.69) is 35.9 Å². The lowest BCUT2D eigenvalue weighted by atomic mass is 9.92. The second-order valence-corrected chi connectivity index (χ2v) is 9.03. The third-order valence-electron chi connectivity index (χ3n) is 6.57. The number of carbonyl (C=O) groups excluding carboxylic acids is 2. The molecule has 2 rings (SSSR count).